The molecule has 1 aromatic heterocycles. The second-order valence-electron chi connectivity index (χ2n) is 11.7. The van der Waals surface area contributed by atoms with Gasteiger partial charge in [-0.1, -0.05) is 84.9 Å². The van der Waals surface area contributed by atoms with E-state index in [-0.39, 0.29) is 24.2 Å². The van der Waals surface area contributed by atoms with E-state index < -0.39 is 17.4 Å². The Labute approximate surface area is 263 Å². The van der Waals surface area contributed by atoms with Gasteiger partial charge < -0.3 is 14.3 Å². The first-order valence-corrected chi connectivity index (χ1v) is 15.1. The Morgan fingerprint density at radius 2 is 1.43 bits per heavy atom. The average Bonchev–Trinajstić information content (AvgIpc) is 3.07. The zero-order valence-electron chi connectivity index (χ0n) is 24.6. The average molecular weight is 619 g/mol. The lowest BCUT2D eigenvalue weighted by Gasteiger charge is -2.32. The van der Waals surface area contributed by atoms with E-state index in [0.29, 0.717) is 34.3 Å². The second-order valence-corrected chi connectivity index (χ2v) is 11.7. The Balaban J connectivity index is 1.09. The summed E-state index contributed by atoms with van der Waals surface area (Å²) in [7, 11) is 0. The molecule has 6 aromatic rings. The first-order valence-electron chi connectivity index (χ1n) is 15.1. The summed E-state index contributed by atoms with van der Waals surface area (Å²) >= 11 is 0. The molecule has 0 spiro atoms. The summed E-state index contributed by atoms with van der Waals surface area (Å²) in [5.74, 6) is 0.411. The minimum atomic E-state index is -4.36. The lowest BCUT2D eigenvalue weighted by molar-refractivity contribution is -0.137. The molecule has 0 saturated carbocycles. The predicted octanol–water partition coefficient (Wildman–Crippen LogP) is 9.63. The van der Waals surface area contributed by atoms with Crippen LogP contribution in [0.5, 0.6) is 11.5 Å². The third-order valence-electron chi connectivity index (χ3n) is 8.84. The Morgan fingerprint density at radius 1 is 0.783 bits per heavy atom. The number of hydrogen-bond acceptors (Lipinski definition) is 4. The monoisotopic (exact) mass is 618 g/mol. The number of fused-ring (bicyclic) bond motifs is 2. The van der Waals surface area contributed by atoms with Crippen LogP contribution >= 0.6 is 0 Å². The molecule has 7 rings (SSSR count). The van der Waals surface area contributed by atoms with Crippen molar-refractivity contribution in [2.45, 2.75) is 37.5 Å². The highest BCUT2D eigenvalue weighted by atomic mass is 19.4. The van der Waals surface area contributed by atoms with Gasteiger partial charge in [0.25, 0.3) is 0 Å². The van der Waals surface area contributed by atoms with Crippen molar-refractivity contribution in [3.8, 4) is 22.6 Å². The van der Waals surface area contributed by atoms with Gasteiger partial charge in [-0.25, -0.2) is 4.79 Å². The summed E-state index contributed by atoms with van der Waals surface area (Å²) in [6.07, 6.45) is -2.90. The largest absolute Gasteiger partial charge is 0.507 e. The van der Waals surface area contributed by atoms with Crippen LogP contribution in [0.3, 0.4) is 0 Å². The number of aromatic hydroxyl groups is 1. The normalized spacial score (nSPS) is 16.2. The minimum Gasteiger partial charge on any atom is -0.507 e. The number of hydrogen-bond donors (Lipinski definition) is 1. The van der Waals surface area contributed by atoms with Crippen molar-refractivity contribution in [3.05, 3.63) is 165 Å². The molecule has 0 amide bonds. The van der Waals surface area contributed by atoms with Gasteiger partial charge in [0.05, 0.1) is 16.5 Å². The molecule has 0 radical (unpaired) electrons. The van der Waals surface area contributed by atoms with Gasteiger partial charge >= 0.3 is 11.8 Å². The van der Waals surface area contributed by atoms with Gasteiger partial charge in [0.2, 0.25) is 0 Å². The number of alkyl halides is 3. The fraction of sp³-hybridized carbons (Fsp3) is 0.154. The summed E-state index contributed by atoms with van der Waals surface area (Å²) in [4.78, 5) is 13.2. The molecule has 0 saturated heterocycles. The van der Waals surface area contributed by atoms with Crippen LogP contribution in [0.15, 0.2) is 131 Å². The van der Waals surface area contributed by atoms with Gasteiger partial charge in [-0.15, -0.1) is 0 Å². The Bertz CT molecular complexity index is 2060. The van der Waals surface area contributed by atoms with Crippen molar-refractivity contribution in [2.24, 2.45) is 0 Å². The fourth-order valence-corrected chi connectivity index (χ4v) is 6.45. The van der Waals surface area contributed by atoms with Crippen molar-refractivity contribution >= 4 is 11.0 Å². The molecule has 0 fully saturated rings. The maximum absolute atomic E-state index is 13.2. The van der Waals surface area contributed by atoms with Crippen LogP contribution in [0.25, 0.3) is 22.1 Å². The first-order chi connectivity index (χ1) is 22.2. The standard InChI is InChI=1S/C39H29F3O4/c40-39(41,42)30-17-9-24(10-18-30)23-45-31-19-15-26(16-20-31)25-11-13-27(14-12-25)29-21-28-5-1-2-6-32(28)34(22-29)36-37(43)33-7-3-4-8-35(33)46-38(36)44/h1-20,29,34,43H,21-23H2. The molecule has 1 aliphatic carbocycles. The molecular formula is C39H29F3O4. The van der Waals surface area contributed by atoms with E-state index in [4.69, 9.17) is 9.15 Å². The maximum Gasteiger partial charge on any atom is 0.416 e. The van der Waals surface area contributed by atoms with Gasteiger partial charge in [0.15, 0.2) is 0 Å². The smallest absolute Gasteiger partial charge is 0.416 e. The van der Waals surface area contributed by atoms with Crippen molar-refractivity contribution in [2.75, 3.05) is 0 Å². The number of benzene rings is 5. The summed E-state index contributed by atoms with van der Waals surface area (Å²) in [6, 6.07) is 36.0. The third kappa shape index (κ3) is 5.76. The number of para-hydroxylation sites is 1. The van der Waals surface area contributed by atoms with Gasteiger partial charge in [-0.3, -0.25) is 0 Å². The van der Waals surface area contributed by atoms with Crippen LogP contribution in [0.4, 0.5) is 13.2 Å². The highest BCUT2D eigenvalue weighted by Crippen LogP contribution is 2.46. The summed E-state index contributed by atoms with van der Waals surface area (Å²) in [5, 5.41) is 11.8. The minimum absolute atomic E-state index is 0.0190. The molecule has 1 aliphatic rings. The van der Waals surface area contributed by atoms with E-state index in [2.05, 4.69) is 30.3 Å². The van der Waals surface area contributed by atoms with Crippen molar-refractivity contribution in [3.63, 3.8) is 0 Å². The molecule has 1 heterocycles. The molecule has 0 aliphatic heterocycles. The molecular weight excluding hydrogens is 589 g/mol. The van der Waals surface area contributed by atoms with Crippen LogP contribution in [0, 0.1) is 0 Å². The molecule has 230 valence electrons. The number of ether oxygens (including phenoxy) is 1. The summed E-state index contributed by atoms with van der Waals surface area (Å²) in [5.41, 5.74) is 5.46. The van der Waals surface area contributed by atoms with E-state index in [0.717, 1.165) is 46.4 Å². The molecule has 1 N–H and O–H groups in total. The topological polar surface area (TPSA) is 59.7 Å². The highest BCUT2D eigenvalue weighted by Gasteiger charge is 2.33. The lowest BCUT2D eigenvalue weighted by Crippen LogP contribution is -2.23. The zero-order chi connectivity index (χ0) is 31.8. The lowest BCUT2D eigenvalue weighted by atomic mass is 9.72. The van der Waals surface area contributed by atoms with Crippen LogP contribution in [-0.4, -0.2) is 5.11 Å². The van der Waals surface area contributed by atoms with Crippen molar-refractivity contribution in [1.82, 2.24) is 0 Å². The van der Waals surface area contributed by atoms with Crippen LogP contribution in [-0.2, 0) is 19.2 Å². The van der Waals surface area contributed by atoms with Crippen molar-refractivity contribution < 1.29 is 27.4 Å². The maximum atomic E-state index is 13.2. The van der Waals surface area contributed by atoms with E-state index in [1.54, 1.807) is 18.2 Å². The molecule has 4 nitrogen and oxygen atoms in total. The zero-order valence-corrected chi connectivity index (χ0v) is 24.6. The molecule has 0 bridgehead atoms. The van der Waals surface area contributed by atoms with E-state index in [9.17, 15) is 23.1 Å². The SMILES string of the molecule is O=c1oc2ccccc2c(O)c1C1CC(c2ccc(-c3ccc(OCc4ccc(C(F)(F)F)cc4)cc3)cc2)Cc2ccccc21. The molecule has 5 aromatic carbocycles. The van der Waals surface area contributed by atoms with Gasteiger partial charge in [0, 0.05) is 5.92 Å². The van der Waals surface area contributed by atoms with Crippen molar-refractivity contribution in [1.29, 1.82) is 0 Å². The van der Waals surface area contributed by atoms with E-state index in [1.165, 1.54) is 12.1 Å². The first kappa shape index (κ1) is 29.4. The summed E-state index contributed by atoms with van der Waals surface area (Å²) in [6.45, 7) is 0.163. The molecule has 2 atom stereocenters. The van der Waals surface area contributed by atoms with Crippen LogP contribution < -0.4 is 10.4 Å². The van der Waals surface area contributed by atoms with Crippen LogP contribution in [0.2, 0.25) is 0 Å². The Morgan fingerprint density at radius 3 is 2.15 bits per heavy atom. The third-order valence-corrected chi connectivity index (χ3v) is 8.84. The Hall–Kier alpha value is -5.30. The quantitative estimate of drug-likeness (QED) is 0.189. The summed E-state index contributed by atoms with van der Waals surface area (Å²) < 4.78 is 49.9. The molecule has 2 unspecified atom stereocenters. The Kier molecular flexibility index (Phi) is 7.61. The number of rotatable bonds is 6. The fourth-order valence-electron chi connectivity index (χ4n) is 6.45. The molecule has 7 heteroatoms. The van der Waals surface area contributed by atoms with Gasteiger partial charge in [-0.2, -0.15) is 13.2 Å². The second kappa shape index (κ2) is 11.9. The van der Waals surface area contributed by atoms with Gasteiger partial charge in [-0.05, 0) is 88.5 Å². The molecule has 46 heavy (non-hydrogen) atoms. The van der Waals surface area contributed by atoms with Crippen LogP contribution in [0.1, 0.15) is 51.6 Å². The van der Waals surface area contributed by atoms with E-state index >= 15 is 0 Å². The predicted molar refractivity (Wildman–Crippen MR) is 171 cm³/mol. The number of halogens is 3. The van der Waals surface area contributed by atoms with Gasteiger partial charge in [0.1, 0.15) is 23.7 Å². The van der Waals surface area contributed by atoms with E-state index in [1.807, 2.05) is 48.5 Å². The highest BCUT2D eigenvalue weighted by molar-refractivity contribution is 5.84.